The number of rotatable bonds is 4. The van der Waals surface area contributed by atoms with Crippen LogP contribution in [0, 0.1) is 5.92 Å². The molecule has 0 aromatic heterocycles. The second kappa shape index (κ2) is 7.60. The van der Waals surface area contributed by atoms with Gasteiger partial charge in [0.05, 0.1) is 13.0 Å². The van der Waals surface area contributed by atoms with E-state index in [-0.39, 0.29) is 23.9 Å². The van der Waals surface area contributed by atoms with Gasteiger partial charge in [0.2, 0.25) is 5.91 Å². The van der Waals surface area contributed by atoms with E-state index >= 15 is 0 Å². The molecule has 1 heterocycles. The van der Waals surface area contributed by atoms with Crippen LogP contribution in [0.4, 0.5) is 0 Å². The molecule has 2 atom stereocenters. The number of ether oxygens (including phenoxy) is 1. The summed E-state index contributed by atoms with van der Waals surface area (Å²) in [7, 11) is 1.61. The summed E-state index contributed by atoms with van der Waals surface area (Å²) in [5.41, 5.74) is 1.50. The van der Waals surface area contributed by atoms with E-state index < -0.39 is 5.92 Å². The lowest BCUT2D eigenvalue weighted by atomic mass is 9.92. The van der Waals surface area contributed by atoms with E-state index in [1.807, 2.05) is 56.3 Å². The number of nitrogens with one attached hydrogen (secondary N) is 1. The van der Waals surface area contributed by atoms with Crippen molar-refractivity contribution in [3.05, 3.63) is 65.7 Å². The van der Waals surface area contributed by atoms with Crippen LogP contribution in [0.2, 0.25) is 0 Å². The van der Waals surface area contributed by atoms with Crippen LogP contribution < -0.4 is 10.1 Å². The Kier molecular flexibility index (Phi) is 5.26. The van der Waals surface area contributed by atoms with Crippen molar-refractivity contribution in [2.75, 3.05) is 13.7 Å². The number of carbonyl (C=O) groups is 2. The predicted octanol–water partition coefficient (Wildman–Crippen LogP) is 3.03. The fourth-order valence-corrected chi connectivity index (χ4v) is 3.29. The van der Waals surface area contributed by atoms with Gasteiger partial charge in [-0.15, -0.1) is 0 Å². The molecule has 1 N–H and O–H groups in total. The molecule has 5 heteroatoms. The lowest BCUT2D eigenvalue weighted by molar-refractivity contribution is -0.128. The van der Waals surface area contributed by atoms with Gasteiger partial charge < -0.3 is 15.0 Å². The maximum atomic E-state index is 13.1. The maximum absolute atomic E-state index is 13.1. The van der Waals surface area contributed by atoms with Crippen LogP contribution in [0.3, 0.4) is 0 Å². The van der Waals surface area contributed by atoms with Crippen LogP contribution in [0.1, 0.15) is 35.7 Å². The van der Waals surface area contributed by atoms with Gasteiger partial charge in [-0.1, -0.05) is 44.2 Å². The van der Waals surface area contributed by atoms with Gasteiger partial charge in [0.15, 0.2) is 0 Å². The van der Waals surface area contributed by atoms with Crippen molar-refractivity contribution in [1.29, 1.82) is 0 Å². The van der Waals surface area contributed by atoms with E-state index in [9.17, 15) is 9.59 Å². The van der Waals surface area contributed by atoms with Crippen molar-refractivity contribution in [2.45, 2.75) is 25.9 Å². The van der Waals surface area contributed by atoms with Gasteiger partial charge in [-0.3, -0.25) is 9.59 Å². The SMILES string of the molecule is COc1ccc([C@H]2CN(C(=O)c3ccccc3)[C@@H](C(C)C)NC2=O)cc1. The van der Waals surface area contributed by atoms with Crippen molar-refractivity contribution >= 4 is 11.8 Å². The molecule has 0 spiro atoms. The van der Waals surface area contributed by atoms with E-state index in [0.717, 1.165) is 11.3 Å². The Morgan fingerprint density at radius 2 is 1.77 bits per heavy atom. The molecule has 5 nitrogen and oxygen atoms in total. The minimum atomic E-state index is -0.399. The number of amides is 2. The fourth-order valence-electron chi connectivity index (χ4n) is 3.29. The third-order valence-corrected chi connectivity index (χ3v) is 4.75. The van der Waals surface area contributed by atoms with Crippen LogP contribution in [-0.2, 0) is 4.79 Å². The summed E-state index contributed by atoms with van der Waals surface area (Å²) < 4.78 is 5.18. The summed E-state index contributed by atoms with van der Waals surface area (Å²) in [6, 6.07) is 16.6. The highest BCUT2D eigenvalue weighted by Crippen LogP contribution is 2.27. The minimum Gasteiger partial charge on any atom is -0.497 e. The number of nitrogens with zero attached hydrogens (tertiary/aromatic N) is 1. The molecule has 0 aliphatic carbocycles. The Bertz CT molecular complexity index is 772. The van der Waals surface area contributed by atoms with Crippen molar-refractivity contribution in [3.63, 3.8) is 0 Å². The Balaban J connectivity index is 1.90. The highest BCUT2D eigenvalue weighted by molar-refractivity contribution is 5.96. The van der Waals surface area contributed by atoms with Crippen LogP contribution in [0.25, 0.3) is 0 Å². The van der Waals surface area contributed by atoms with E-state index in [0.29, 0.717) is 12.1 Å². The topological polar surface area (TPSA) is 58.6 Å². The fraction of sp³-hybridized carbons (Fsp3) is 0.333. The molecule has 2 aromatic carbocycles. The van der Waals surface area contributed by atoms with E-state index in [2.05, 4.69) is 5.32 Å². The first-order valence-electron chi connectivity index (χ1n) is 8.81. The summed E-state index contributed by atoms with van der Waals surface area (Å²) in [6.45, 7) is 4.36. The Hall–Kier alpha value is -2.82. The number of hydrogen-bond acceptors (Lipinski definition) is 3. The number of benzene rings is 2. The Morgan fingerprint density at radius 3 is 2.35 bits per heavy atom. The first-order chi connectivity index (χ1) is 12.5. The van der Waals surface area contributed by atoms with Crippen molar-refractivity contribution in [2.24, 2.45) is 5.92 Å². The minimum absolute atomic E-state index is 0.0500. The quantitative estimate of drug-likeness (QED) is 0.920. The van der Waals surface area contributed by atoms with Crippen LogP contribution in [-0.4, -0.2) is 36.5 Å². The first kappa shape index (κ1) is 18.0. The van der Waals surface area contributed by atoms with Gasteiger partial charge in [-0.05, 0) is 35.7 Å². The van der Waals surface area contributed by atoms with Crippen molar-refractivity contribution in [1.82, 2.24) is 10.2 Å². The highest BCUT2D eigenvalue weighted by atomic mass is 16.5. The molecular weight excluding hydrogens is 328 g/mol. The Morgan fingerprint density at radius 1 is 1.12 bits per heavy atom. The van der Waals surface area contributed by atoms with E-state index in [4.69, 9.17) is 4.74 Å². The van der Waals surface area contributed by atoms with Gasteiger partial charge in [-0.25, -0.2) is 0 Å². The normalized spacial score (nSPS) is 20.0. The summed E-state index contributed by atoms with van der Waals surface area (Å²) in [4.78, 5) is 27.5. The summed E-state index contributed by atoms with van der Waals surface area (Å²) in [6.07, 6.45) is -0.315. The second-order valence-corrected chi connectivity index (χ2v) is 6.85. The third-order valence-electron chi connectivity index (χ3n) is 4.75. The maximum Gasteiger partial charge on any atom is 0.255 e. The molecule has 3 rings (SSSR count). The molecule has 1 fully saturated rings. The molecule has 1 aliphatic rings. The predicted molar refractivity (Wildman–Crippen MR) is 100.0 cm³/mol. The van der Waals surface area contributed by atoms with Gasteiger partial charge in [0.25, 0.3) is 5.91 Å². The lowest BCUT2D eigenvalue weighted by Gasteiger charge is -2.42. The second-order valence-electron chi connectivity index (χ2n) is 6.85. The zero-order valence-corrected chi connectivity index (χ0v) is 15.3. The first-order valence-corrected chi connectivity index (χ1v) is 8.81. The van der Waals surface area contributed by atoms with Crippen LogP contribution >= 0.6 is 0 Å². The zero-order valence-electron chi connectivity index (χ0n) is 15.3. The molecule has 0 saturated carbocycles. The molecule has 1 saturated heterocycles. The molecule has 136 valence electrons. The zero-order chi connectivity index (χ0) is 18.7. The number of carbonyl (C=O) groups excluding carboxylic acids is 2. The third kappa shape index (κ3) is 3.57. The summed E-state index contributed by atoms with van der Waals surface area (Å²) in [5.74, 6) is 0.336. The molecule has 26 heavy (non-hydrogen) atoms. The average molecular weight is 352 g/mol. The summed E-state index contributed by atoms with van der Waals surface area (Å²) >= 11 is 0. The van der Waals surface area contributed by atoms with E-state index in [1.54, 1.807) is 24.1 Å². The van der Waals surface area contributed by atoms with Crippen molar-refractivity contribution < 1.29 is 14.3 Å². The largest absolute Gasteiger partial charge is 0.497 e. The molecule has 2 amide bonds. The monoisotopic (exact) mass is 352 g/mol. The van der Waals surface area contributed by atoms with Gasteiger partial charge in [-0.2, -0.15) is 0 Å². The van der Waals surface area contributed by atoms with E-state index in [1.165, 1.54) is 0 Å². The average Bonchev–Trinajstić information content (AvgIpc) is 2.68. The number of methoxy groups -OCH3 is 1. The molecule has 0 unspecified atom stereocenters. The van der Waals surface area contributed by atoms with Gasteiger partial charge >= 0.3 is 0 Å². The summed E-state index contributed by atoms with van der Waals surface area (Å²) in [5, 5.41) is 3.03. The molecule has 0 bridgehead atoms. The number of hydrogen-bond donors (Lipinski definition) is 1. The van der Waals surface area contributed by atoms with Gasteiger partial charge in [0, 0.05) is 12.1 Å². The molecular formula is C21H24N2O3. The lowest BCUT2D eigenvalue weighted by Crippen LogP contribution is -2.61. The van der Waals surface area contributed by atoms with Crippen LogP contribution in [0.5, 0.6) is 5.75 Å². The van der Waals surface area contributed by atoms with Crippen LogP contribution in [0.15, 0.2) is 54.6 Å². The Labute approximate surface area is 154 Å². The van der Waals surface area contributed by atoms with Gasteiger partial charge in [0.1, 0.15) is 11.9 Å². The molecule has 0 radical (unpaired) electrons. The molecule has 2 aromatic rings. The van der Waals surface area contributed by atoms with Crippen molar-refractivity contribution in [3.8, 4) is 5.75 Å². The smallest absolute Gasteiger partial charge is 0.255 e. The molecule has 1 aliphatic heterocycles. The standard InChI is InChI=1S/C21H24N2O3/c1-14(2)19-22-20(24)18(15-9-11-17(26-3)12-10-15)13-23(19)21(25)16-7-5-4-6-8-16/h4-12,14,18-19H,13H2,1-3H3,(H,22,24)/t18-,19+/m1/s1. The highest BCUT2D eigenvalue weighted by Gasteiger charge is 2.38.